The van der Waals surface area contributed by atoms with Crippen LogP contribution in [0.15, 0.2) is 12.1 Å². The van der Waals surface area contributed by atoms with Crippen molar-refractivity contribution in [1.82, 2.24) is 14.5 Å². The van der Waals surface area contributed by atoms with Gasteiger partial charge in [-0.2, -0.15) is 0 Å². The van der Waals surface area contributed by atoms with Gasteiger partial charge in [-0.3, -0.25) is 4.57 Å². The lowest BCUT2D eigenvalue weighted by Gasteiger charge is -2.25. The van der Waals surface area contributed by atoms with E-state index in [0.717, 1.165) is 12.8 Å². The number of rotatable bonds is 2. The van der Waals surface area contributed by atoms with Crippen LogP contribution >= 0.6 is 11.6 Å². The quantitative estimate of drug-likeness (QED) is 0.790. The van der Waals surface area contributed by atoms with Gasteiger partial charge in [-0.05, 0) is 31.4 Å². The first kappa shape index (κ1) is 12.7. The molecular formula is C12H12ClF2N3O. The first-order valence-electron chi connectivity index (χ1n) is 6.11. The van der Waals surface area contributed by atoms with Crippen LogP contribution in [-0.2, 0) is 4.74 Å². The first-order chi connectivity index (χ1) is 9.16. The summed E-state index contributed by atoms with van der Waals surface area (Å²) in [6.07, 6.45) is -0.541. The van der Waals surface area contributed by atoms with E-state index in [1.54, 1.807) is 6.07 Å². The summed E-state index contributed by atoms with van der Waals surface area (Å²) < 4.78 is 33.2. The van der Waals surface area contributed by atoms with Gasteiger partial charge in [0.1, 0.15) is 16.9 Å². The van der Waals surface area contributed by atoms with E-state index >= 15 is 0 Å². The summed E-state index contributed by atoms with van der Waals surface area (Å²) in [6.45, 7) is 0.563. The zero-order valence-electron chi connectivity index (χ0n) is 10.0. The van der Waals surface area contributed by atoms with E-state index in [1.807, 2.05) is 0 Å². The number of hydrogen-bond acceptors (Lipinski definition) is 3. The molecule has 3 rings (SSSR count). The Morgan fingerprint density at radius 1 is 1.32 bits per heavy atom. The zero-order valence-corrected chi connectivity index (χ0v) is 10.8. The van der Waals surface area contributed by atoms with Crippen LogP contribution in [0.3, 0.4) is 0 Å². The van der Waals surface area contributed by atoms with E-state index in [4.69, 9.17) is 16.3 Å². The summed E-state index contributed by atoms with van der Waals surface area (Å²) in [4.78, 5) is 8.05. The molecule has 3 heterocycles. The molecule has 2 aromatic heterocycles. The van der Waals surface area contributed by atoms with Crippen molar-refractivity contribution < 1.29 is 13.5 Å². The minimum Gasteiger partial charge on any atom is -0.358 e. The van der Waals surface area contributed by atoms with Crippen molar-refractivity contribution >= 4 is 22.8 Å². The maximum atomic E-state index is 13.1. The highest BCUT2D eigenvalue weighted by molar-refractivity contribution is 6.29. The third kappa shape index (κ3) is 2.30. The fraction of sp³-hybridized carbons (Fsp3) is 0.500. The maximum Gasteiger partial charge on any atom is 0.295 e. The fourth-order valence-corrected chi connectivity index (χ4v) is 2.48. The van der Waals surface area contributed by atoms with E-state index in [0.29, 0.717) is 24.2 Å². The second-order valence-electron chi connectivity index (χ2n) is 4.44. The van der Waals surface area contributed by atoms with Gasteiger partial charge in [0.15, 0.2) is 11.5 Å². The van der Waals surface area contributed by atoms with Crippen LogP contribution in [0.2, 0.25) is 5.15 Å². The van der Waals surface area contributed by atoms with E-state index < -0.39 is 12.7 Å². The Kier molecular flexibility index (Phi) is 3.36. The number of hydrogen-bond donors (Lipinski definition) is 0. The molecule has 0 aliphatic carbocycles. The molecule has 1 fully saturated rings. The molecule has 0 bridgehead atoms. The average molecular weight is 288 g/mol. The summed E-state index contributed by atoms with van der Waals surface area (Å²) in [6, 6.07) is 3.13. The molecule has 7 heteroatoms. The van der Waals surface area contributed by atoms with Crippen molar-refractivity contribution in [2.24, 2.45) is 0 Å². The number of alkyl halides is 2. The SMILES string of the molecule is FC(F)c1nc2ccc(Cl)nc2n1C1CCCCO1. The molecule has 1 saturated heterocycles. The fourth-order valence-electron chi connectivity index (χ4n) is 2.33. The van der Waals surface area contributed by atoms with Crippen LogP contribution in [0.5, 0.6) is 0 Å². The standard InChI is InChI=1S/C12H12ClF2N3O/c13-8-5-4-7-11(17-8)18(12(16-7)10(14)15)9-3-1-2-6-19-9/h4-5,9-10H,1-3,6H2. The summed E-state index contributed by atoms with van der Waals surface area (Å²) in [5.74, 6) is -0.309. The minimum atomic E-state index is -2.67. The number of ether oxygens (including phenoxy) is 1. The van der Waals surface area contributed by atoms with Crippen molar-refractivity contribution in [2.75, 3.05) is 6.61 Å². The molecule has 0 radical (unpaired) electrons. The normalized spacial score (nSPS) is 20.3. The lowest BCUT2D eigenvalue weighted by atomic mass is 10.2. The number of imidazole rings is 1. The number of nitrogens with zero attached hydrogens (tertiary/aromatic N) is 3. The van der Waals surface area contributed by atoms with Crippen LogP contribution in [-0.4, -0.2) is 21.1 Å². The summed E-state index contributed by atoms with van der Waals surface area (Å²) >= 11 is 5.84. The summed E-state index contributed by atoms with van der Waals surface area (Å²) in [5, 5.41) is 0.255. The topological polar surface area (TPSA) is 39.9 Å². The number of halogens is 3. The molecule has 0 spiro atoms. The molecule has 0 amide bonds. The number of fused-ring (bicyclic) bond motifs is 1. The molecule has 4 nitrogen and oxygen atoms in total. The van der Waals surface area contributed by atoms with E-state index in [2.05, 4.69) is 9.97 Å². The van der Waals surface area contributed by atoms with Crippen molar-refractivity contribution in [3.63, 3.8) is 0 Å². The number of aromatic nitrogens is 3. The van der Waals surface area contributed by atoms with Gasteiger partial charge >= 0.3 is 0 Å². The van der Waals surface area contributed by atoms with Crippen LogP contribution in [0.1, 0.15) is 37.7 Å². The molecule has 0 saturated carbocycles. The Morgan fingerprint density at radius 3 is 2.84 bits per heavy atom. The van der Waals surface area contributed by atoms with Crippen molar-refractivity contribution in [2.45, 2.75) is 31.9 Å². The predicted octanol–water partition coefficient (Wildman–Crippen LogP) is 3.72. The Balaban J connectivity index is 2.17. The molecule has 0 aromatic carbocycles. The molecule has 19 heavy (non-hydrogen) atoms. The average Bonchev–Trinajstić information content (AvgIpc) is 2.78. The van der Waals surface area contributed by atoms with Gasteiger partial charge in [-0.15, -0.1) is 0 Å². The van der Waals surface area contributed by atoms with Gasteiger partial charge in [0, 0.05) is 6.61 Å². The third-order valence-electron chi connectivity index (χ3n) is 3.17. The smallest absolute Gasteiger partial charge is 0.295 e. The monoisotopic (exact) mass is 287 g/mol. The van der Waals surface area contributed by atoms with Crippen molar-refractivity contribution in [3.05, 3.63) is 23.1 Å². The van der Waals surface area contributed by atoms with Gasteiger partial charge in [-0.1, -0.05) is 11.6 Å². The first-order valence-corrected chi connectivity index (χ1v) is 6.49. The van der Waals surface area contributed by atoms with Crippen molar-refractivity contribution in [3.8, 4) is 0 Å². The summed E-state index contributed by atoms with van der Waals surface area (Å²) in [7, 11) is 0. The highest BCUT2D eigenvalue weighted by atomic mass is 35.5. The largest absolute Gasteiger partial charge is 0.358 e. The molecule has 102 valence electrons. The molecule has 1 atom stereocenters. The lowest BCUT2D eigenvalue weighted by molar-refractivity contribution is -0.0363. The van der Waals surface area contributed by atoms with Gasteiger partial charge in [0.05, 0.1) is 0 Å². The zero-order chi connectivity index (χ0) is 13.4. The molecule has 1 unspecified atom stereocenters. The highest BCUT2D eigenvalue weighted by Crippen LogP contribution is 2.32. The van der Waals surface area contributed by atoms with Gasteiger partial charge < -0.3 is 4.74 Å². The van der Waals surface area contributed by atoms with Gasteiger partial charge in [0.2, 0.25) is 0 Å². The van der Waals surface area contributed by atoms with Crippen LogP contribution in [0.25, 0.3) is 11.2 Å². The molecule has 1 aliphatic heterocycles. The van der Waals surface area contributed by atoms with Crippen LogP contribution < -0.4 is 0 Å². The highest BCUT2D eigenvalue weighted by Gasteiger charge is 2.27. The summed E-state index contributed by atoms with van der Waals surface area (Å²) in [5.41, 5.74) is 0.767. The lowest BCUT2D eigenvalue weighted by Crippen LogP contribution is -2.20. The molecule has 1 aliphatic rings. The maximum absolute atomic E-state index is 13.1. The van der Waals surface area contributed by atoms with Crippen LogP contribution in [0.4, 0.5) is 8.78 Å². The Hall–Kier alpha value is -1.27. The minimum absolute atomic E-state index is 0.255. The Morgan fingerprint density at radius 2 is 2.16 bits per heavy atom. The third-order valence-corrected chi connectivity index (χ3v) is 3.38. The Bertz CT molecular complexity index is 596. The van der Waals surface area contributed by atoms with Gasteiger partial charge in [-0.25, -0.2) is 18.7 Å². The van der Waals surface area contributed by atoms with Crippen molar-refractivity contribution in [1.29, 1.82) is 0 Å². The van der Waals surface area contributed by atoms with E-state index in [1.165, 1.54) is 10.6 Å². The predicted molar refractivity (Wildman–Crippen MR) is 66.3 cm³/mol. The second kappa shape index (κ2) is 5.02. The molecule has 2 aromatic rings. The van der Waals surface area contributed by atoms with E-state index in [-0.39, 0.29) is 11.0 Å². The molecular weight excluding hydrogens is 276 g/mol. The van der Waals surface area contributed by atoms with Crippen LogP contribution in [0, 0.1) is 0 Å². The van der Waals surface area contributed by atoms with Gasteiger partial charge in [0.25, 0.3) is 6.43 Å². The Labute approximate surface area is 113 Å². The van der Waals surface area contributed by atoms with E-state index in [9.17, 15) is 8.78 Å². The number of pyridine rings is 1. The molecule has 0 N–H and O–H groups in total. The second-order valence-corrected chi connectivity index (χ2v) is 4.83.